The largest absolute Gasteiger partial charge is 0.363 e. The predicted octanol–water partition coefficient (Wildman–Crippen LogP) is 0.284. The highest BCUT2D eigenvalue weighted by Crippen LogP contribution is 2.17. The first-order chi connectivity index (χ1) is 8.91. The van der Waals surface area contributed by atoms with E-state index in [1.165, 1.54) is 0 Å². The minimum absolute atomic E-state index is 0.0582. The maximum atomic E-state index is 11.8. The lowest BCUT2D eigenvalue weighted by Crippen LogP contribution is -2.59. The smallest absolute Gasteiger partial charge is 0.246 e. The standard InChI is InChI=1S/C13H22N4O2/c1-9(11-5-15-17(4)10(11)2)16-12(18)6-19-13(3)7-14-8-13/h5,9,14H,6-8H2,1-4H3,(H,16,18). The molecule has 19 heavy (non-hydrogen) atoms. The third-order valence-electron chi connectivity index (χ3n) is 3.67. The molecule has 0 aromatic carbocycles. The summed E-state index contributed by atoms with van der Waals surface area (Å²) in [5.74, 6) is -0.0936. The van der Waals surface area contributed by atoms with E-state index >= 15 is 0 Å². The Kier molecular flexibility index (Phi) is 3.91. The zero-order valence-corrected chi connectivity index (χ0v) is 12.0. The molecule has 1 amide bonds. The van der Waals surface area contributed by atoms with E-state index < -0.39 is 0 Å². The normalized spacial score (nSPS) is 18.7. The number of carbonyl (C=O) groups is 1. The van der Waals surface area contributed by atoms with E-state index in [9.17, 15) is 4.79 Å². The maximum Gasteiger partial charge on any atom is 0.246 e. The van der Waals surface area contributed by atoms with Gasteiger partial charge in [-0.1, -0.05) is 0 Å². The van der Waals surface area contributed by atoms with Crippen LogP contribution in [0.4, 0.5) is 0 Å². The van der Waals surface area contributed by atoms with Gasteiger partial charge in [0.05, 0.1) is 17.8 Å². The third-order valence-corrected chi connectivity index (χ3v) is 3.67. The van der Waals surface area contributed by atoms with Gasteiger partial charge >= 0.3 is 0 Å². The molecular weight excluding hydrogens is 244 g/mol. The number of aryl methyl sites for hydroxylation is 1. The highest BCUT2D eigenvalue weighted by molar-refractivity contribution is 5.77. The van der Waals surface area contributed by atoms with Gasteiger partial charge in [0.2, 0.25) is 5.91 Å². The number of hydrogen-bond acceptors (Lipinski definition) is 4. The molecule has 0 aliphatic carbocycles. The van der Waals surface area contributed by atoms with Gasteiger partial charge < -0.3 is 15.4 Å². The molecule has 6 nitrogen and oxygen atoms in total. The summed E-state index contributed by atoms with van der Waals surface area (Å²) in [7, 11) is 1.89. The zero-order valence-electron chi connectivity index (χ0n) is 12.0. The molecule has 1 unspecified atom stereocenters. The average Bonchev–Trinajstić information content (AvgIpc) is 2.65. The SMILES string of the molecule is Cc1c(C(C)NC(=O)COC2(C)CNC2)cnn1C. The fourth-order valence-corrected chi connectivity index (χ4v) is 2.12. The van der Waals surface area contributed by atoms with Gasteiger partial charge in [0.1, 0.15) is 6.61 Å². The molecule has 0 radical (unpaired) electrons. The van der Waals surface area contributed by atoms with Crippen molar-refractivity contribution in [1.82, 2.24) is 20.4 Å². The second-order valence-corrected chi connectivity index (χ2v) is 5.44. The highest BCUT2D eigenvalue weighted by atomic mass is 16.5. The molecule has 1 saturated heterocycles. The molecule has 0 spiro atoms. The lowest BCUT2D eigenvalue weighted by Gasteiger charge is -2.38. The summed E-state index contributed by atoms with van der Waals surface area (Å²) in [6.07, 6.45) is 1.79. The zero-order chi connectivity index (χ0) is 14.0. The Morgan fingerprint density at radius 3 is 2.84 bits per heavy atom. The topological polar surface area (TPSA) is 68.2 Å². The summed E-state index contributed by atoms with van der Waals surface area (Å²) in [6.45, 7) is 7.65. The highest BCUT2D eigenvalue weighted by Gasteiger charge is 2.33. The molecule has 6 heteroatoms. The number of nitrogens with zero attached hydrogens (tertiary/aromatic N) is 2. The van der Waals surface area contributed by atoms with E-state index in [-0.39, 0.29) is 24.2 Å². The van der Waals surface area contributed by atoms with Crippen LogP contribution in [0.3, 0.4) is 0 Å². The second kappa shape index (κ2) is 5.30. The van der Waals surface area contributed by atoms with Crippen molar-refractivity contribution in [3.8, 4) is 0 Å². The molecule has 0 bridgehead atoms. The summed E-state index contributed by atoms with van der Waals surface area (Å²) >= 11 is 0. The molecule has 1 atom stereocenters. The fraction of sp³-hybridized carbons (Fsp3) is 0.692. The van der Waals surface area contributed by atoms with Gasteiger partial charge in [-0.25, -0.2) is 0 Å². The van der Waals surface area contributed by atoms with Crippen LogP contribution in [0.5, 0.6) is 0 Å². The molecular formula is C13H22N4O2. The van der Waals surface area contributed by atoms with Crippen LogP contribution in [0.25, 0.3) is 0 Å². The van der Waals surface area contributed by atoms with Crippen molar-refractivity contribution in [1.29, 1.82) is 0 Å². The lowest BCUT2D eigenvalue weighted by atomic mass is 10.0. The summed E-state index contributed by atoms with van der Waals surface area (Å²) < 4.78 is 7.41. The fourth-order valence-electron chi connectivity index (χ4n) is 2.12. The number of rotatable bonds is 5. The van der Waals surface area contributed by atoms with Crippen molar-refractivity contribution in [2.24, 2.45) is 7.05 Å². The van der Waals surface area contributed by atoms with E-state index in [1.807, 2.05) is 27.8 Å². The minimum Gasteiger partial charge on any atom is -0.363 e. The molecule has 0 saturated carbocycles. The molecule has 106 valence electrons. The number of nitrogens with one attached hydrogen (secondary N) is 2. The summed E-state index contributed by atoms with van der Waals surface area (Å²) in [4.78, 5) is 11.8. The maximum absolute atomic E-state index is 11.8. The Balaban J connectivity index is 1.83. The van der Waals surface area contributed by atoms with Crippen molar-refractivity contribution in [2.75, 3.05) is 19.7 Å². The van der Waals surface area contributed by atoms with Crippen LogP contribution in [-0.2, 0) is 16.6 Å². The Morgan fingerprint density at radius 1 is 1.68 bits per heavy atom. The van der Waals surface area contributed by atoms with Crippen LogP contribution in [-0.4, -0.2) is 41.0 Å². The molecule has 2 heterocycles. The molecule has 1 fully saturated rings. The van der Waals surface area contributed by atoms with Gasteiger partial charge in [0.15, 0.2) is 0 Å². The van der Waals surface area contributed by atoms with Crippen molar-refractivity contribution in [3.63, 3.8) is 0 Å². The first-order valence-corrected chi connectivity index (χ1v) is 6.54. The second-order valence-electron chi connectivity index (χ2n) is 5.44. The van der Waals surface area contributed by atoms with Gasteiger partial charge in [-0.3, -0.25) is 9.48 Å². The van der Waals surface area contributed by atoms with Crippen molar-refractivity contribution in [3.05, 3.63) is 17.5 Å². The Hall–Kier alpha value is -1.40. The molecule has 2 N–H and O–H groups in total. The van der Waals surface area contributed by atoms with E-state index in [0.29, 0.717) is 0 Å². The van der Waals surface area contributed by atoms with Crippen LogP contribution in [0, 0.1) is 6.92 Å². The van der Waals surface area contributed by atoms with Gasteiger partial charge in [0, 0.05) is 31.4 Å². The number of aromatic nitrogens is 2. The van der Waals surface area contributed by atoms with Crippen LogP contribution >= 0.6 is 0 Å². The van der Waals surface area contributed by atoms with E-state index in [0.717, 1.165) is 24.3 Å². The van der Waals surface area contributed by atoms with Crippen LogP contribution in [0.1, 0.15) is 31.1 Å². The molecule has 1 aliphatic rings. The Bertz CT molecular complexity index is 465. The first-order valence-electron chi connectivity index (χ1n) is 6.54. The number of ether oxygens (including phenoxy) is 1. The van der Waals surface area contributed by atoms with Crippen molar-refractivity contribution in [2.45, 2.75) is 32.4 Å². The molecule has 1 aromatic rings. The Morgan fingerprint density at radius 2 is 2.37 bits per heavy atom. The van der Waals surface area contributed by atoms with Gasteiger partial charge in [0.25, 0.3) is 0 Å². The molecule has 1 aromatic heterocycles. The summed E-state index contributed by atoms with van der Waals surface area (Å²) in [5.41, 5.74) is 1.90. The predicted molar refractivity (Wildman–Crippen MR) is 71.7 cm³/mol. The minimum atomic E-state index is -0.190. The molecule has 1 aliphatic heterocycles. The van der Waals surface area contributed by atoms with Crippen LogP contribution in [0.15, 0.2) is 6.20 Å². The monoisotopic (exact) mass is 266 g/mol. The van der Waals surface area contributed by atoms with Gasteiger partial charge in [-0.2, -0.15) is 5.10 Å². The third kappa shape index (κ3) is 3.13. The Labute approximate surface area is 113 Å². The van der Waals surface area contributed by atoms with Gasteiger partial charge in [-0.15, -0.1) is 0 Å². The number of amides is 1. The van der Waals surface area contributed by atoms with Crippen molar-refractivity contribution >= 4 is 5.91 Å². The average molecular weight is 266 g/mol. The first kappa shape index (κ1) is 14.0. The van der Waals surface area contributed by atoms with Crippen molar-refractivity contribution < 1.29 is 9.53 Å². The quantitative estimate of drug-likeness (QED) is 0.803. The summed E-state index contributed by atoms with van der Waals surface area (Å²) in [6, 6.07) is -0.0582. The number of carbonyl (C=O) groups excluding carboxylic acids is 1. The van der Waals surface area contributed by atoms with E-state index in [1.54, 1.807) is 10.9 Å². The van der Waals surface area contributed by atoms with E-state index in [2.05, 4.69) is 15.7 Å². The van der Waals surface area contributed by atoms with Gasteiger partial charge in [-0.05, 0) is 20.8 Å². The van der Waals surface area contributed by atoms with Crippen LogP contribution < -0.4 is 10.6 Å². The van der Waals surface area contributed by atoms with E-state index in [4.69, 9.17) is 4.74 Å². The summed E-state index contributed by atoms with van der Waals surface area (Å²) in [5, 5.41) is 10.2. The lowest BCUT2D eigenvalue weighted by molar-refractivity contribution is -0.136. The molecule has 2 rings (SSSR count). The number of hydrogen-bond donors (Lipinski definition) is 2. The van der Waals surface area contributed by atoms with Crippen LogP contribution in [0.2, 0.25) is 0 Å².